The van der Waals surface area contributed by atoms with E-state index in [2.05, 4.69) is 6.92 Å². The maximum absolute atomic E-state index is 10.4. The number of aliphatic carboxylic acids is 2. The van der Waals surface area contributed by atoms with E-state index < -0.39 is 11.9 Å². The van der Waals surface area contributed by atoms with Gasteiger partial charge in [-0.2, -0.15) is 0 Å². The summed E-state index contributed by atoms with van der Waals surface area (Å²) in [6.07, 6.45) is 11.2. The molecule has 0 rings (SSSR count). The minimum absolute atomic E-state index is 0.285. The molecule has 2 N–H and O–H groups in total. The van der Waals surface area contributed by atoms with Gasteiger partial charge in [0.1, 0.15) is 0 Å². The first-order valence-electron chi connectivity index (χ1n) is 7.99. The molecule has 0 aromatic rings. The average Bonchev–Trinajstić information content (AvgIpc) is 2.37. The summed E-state index contributed by atoms with van der Waals surface area (Å²) in [5.41, 5.74) is 0. The molecule has 0 aromatic carbocycles. The molecular weight excluding hydrogens is 256 g/mol. The van der Waals surface area contributed by atoms with Gasteiger partial charge in [-0.05, 0) is 18.8 Å². The molecule has 0 aliphatic heterocycles. The van der Waals surface area contributed by atoms with Crippen molar-refractivity contribution in [1.82, 2.24) is 0 Å². The number of carboxylic acids is 2. The largest absolute Gasteiger partial charge is 0.481 e. The van der Waals surface area contributed by atoms with Gasteiger partial charge in [-0.15, -0.1) is 0 Å². The number of carbonyl (C=O) groups is 2. The van der Waals surface area contributed by atoms with Gasteiger partial charge in [-0.3, -0.25) is 9.59 Å². The third kappa shape index (κ3) is 13.4. The highest BCUT2D eigenvalue weighted by Crippen LogP contribution is 2.22. The van der Waals surface area contributed by atoms with Crippen LogP contribution in [0, 0.1) is 5.92 Å². The summed E-state index contributed by atoms with van der Waals surface area (Å²) in [5.74, 6) is -0.670. The molecule has 0 saturated carbocycles. The molecule has 0 atom stereocenters. The summed E-state index contributed by atoms with van der Waals surface area (Å²) in [7, 11) is 0. The zero-order valence-electron chi connectivity index (χ0n) is 12.8. The zero-order valence-corrected chi connectivity index (χ0v) is 12.8. The lowest BCUT2D eigenvalue weighted by Crippen LogP contribution is -2.02. The van der Waals surface area contributed by atoms with E-state index in [-0.39, 0.29) is 12.8 Å². The van der Waals surface area contributed by atoms with E-state index in [1.807, 2.05) is 0 Å². The molecule has 20 heavy (non-hydrogen) atoms. The fraction of sp³-hybridized carbons (Fsp3) is 0.875. The Hall–Kier alpha value is -1.06. The molecule has 0 aliphatic rings. The van der Waals surface area contributed by atoms with E-state index in [4.69, 9.17) is 10.2 Å². The number of unbranched alkanes of at least 4 members (excludes halogenated alkanes) is 4. The molecule has 0 spiro atoms. The zero-order chi connectivity index (χ0) is 15.2. The Labute approximate surface area is 122 Å². The SMILES string of the molecule is CCCC(CCCCCC(=O)O)CCCCCC(=O)O. The van der Waals surface area contributed by atoms with Crippen molar-refractivity contribution in [2.45, 2.75) is 84.0 Å². The fourth-order valence-corrected chi connectivity index (χ4v) is 2.61. The Morgan fingerprint density at radius 1 is 0.750 bits per heavy atom. The Morgan fingerprint density at radius 3 is 1.55 bits per heavy atom. The topological polar surface area (TPSA) is 74.6 Å². The van der Waals surface area contributed by atoms with Crippen LogP contribution in [0.4, 0.5) is 0 Å². The highest BCUT2D eigenvalue weighted by molar-refractivity contribution is 5.66. The van der Waals surface area contributed by atoms with E-state index >= 15 is 0 Å². The monoisotopic (exact) mass is 286 g/mol. The van der Waals surface area contributed by atoms with E-state index in [0.29, 0.717) is 0 Å². The van der Waals surface area contributed by atoms with E-state index in [0.717, 1.165) is 44.4 Å². The molecule has 0 radical (unpaired) electrons. The van der Waals surface area contributed by atoms with Crippen LogP contribution in [-0.2, 0) is 9.59 Å². The third-order valence-corrected chi connectivity index (χ3v) is 3.70. The quantitative estimate of drug-likeness (QED) is 0.462. The molecule has 0 heterocycles. The average molecular weight is 286 g/mol. The summed E-state index contributed by atoms with van der Waals surface area (Å²) < 4.78 is 0. The fourth-order valence-electron chi connectivity index (χ4n) is 2.61. The molecular formula is C16H30O4. The summed E-state index contributed by atoms with van der Waals surface area (Å²) >= 11 is 0. The molecule has 0 bridgehead atoms. The van der Waals surface area contributed by atoms with Crippen LogP contribution in [0.2, 0.25) is 0 Å². The lowest BCUT2D eigenvalue weighted by Gasteiger charge is -2.15. The number of hydrogen-bond donors (Lipinski definition) is 2. The lowest BCUT2D eigenvalue weighted by molar-refractivity contribution is -0.138. The predicted molar refractivity (Wildman–Crippen MR) is 79.8 cm³/mol. The first kappa shape index (κ1) is 18.9. The van der Waals surface area contributed by atoms with Crippen molar-refractivity contribution < 1.29 is 19.8 Å². The summed E-state index contributed by atoms with van der Waals surface area (Å²) in [5, 5.41) is 17.1. The summed E-state index contributed by atoms with van der Waals surface area (Å²) in [4.78, 5) is 20.8. The van der Waals surface area contributed by atoms with Crippen molar-refractivity contribution in [3.05, 3.63) is 0 Å². The van der Waals surface area contributed by atoms with Gasteiger partial charge in [-0.1, -0.05) is 58.3 Å². The second kappa shape index (κ2) is 12.9. The van der Waals surface area contributed by atoms with Crippen LogP contribution in [-0.4, -0.2) is 22.2 Å². The Bertz CT molecular complexity index is 239. The molecule has 0 saturated heterocycles. The van der Waals surface area contributed by atoms with Crippen LogP contribution in [0.1, 0.15) is 84.0 Å². The maximum Gasteiger partial charge on any atom is 0.303 e. The molecule has 4 nitrogen and oxygen atoms in total. The van der Waals surface area contributed by atoms with Gasteiger partial charge in [0.15, 0.2) is 0 Å². The molecule has 0 amide bonds. The Balaban J connectivity index is 3.59. The van der Waals surface area contributed by atoms with E-state index in [9.17, 15) is 9.59 Å². The van der Waals surface area contributed by atoms with E-state index in [1.54, 1.807) is 0 Å². The van der Waals surface area contributed by atoms with Crippen molar-refractivity contribution >= 4 is 11.9 Å². The van der Waals surface area contributed by atoms with Crippen molar-refractivity contribution in [2.75, 3.05) is 0 Å². The molecule has 0 aromatic heterocycles. The van der Waals surface area contributed by atoms with Crippen LogP contribution in [0.5, 0.6) is 0 Å². The van der Waals surface area contributed by atoms with Crippen LogP contribution < -0.4 is 0 Å². The second-order valence-corrected chi connectivity index (χ2v) is 5.64. The van der Waals surface area contributed by atoms with Crippen molar-refractivity contribution in [1.29, 1.82) is 0 Å². The van der Waals surface area contributed by atoms with Gasteiger partial charge >= 0.3 is 11.9 Å². The summed E-state index contributed by atoms with van der Waals surface area (Å²) in [6, 6.07) is 0. The van der Waals surface area contributed by atoms with Crippen molar-refractivity contribution in [2.24, 2.45) is 5.92 Å². The van der Waals surface area contributed by atoms with Crippen LogP contribution in [0.15, 0.2) is 0 Å². The van der Waals surface area contributed by atoms with Gasteiger partial charge in [0.25, 0.3) is 0 Å². The van der Waals surface area contributed by atoms with Gasteiger partial charge in [0.2, 0.25) is 0 Å². The first-order chi connectivity index (χ1) is 9.56. The predicted octanol–water partition coefficient (Wildman–Crippen LogP) is 4.47. The minimum atomic E-state index is -0.700. The van der Waals surface area contributed by atoms with Crippen LogP contribution in [0.25, 0.3) is 0 Å². The van der Waals surface area contributed by atoms with Gasteiger partial charge < -0.3 is 10.2 Å². The van der Waals surface area contributed by atoms with Crippen LogP contribution in [0.3, 0.4) is 0 Å². The Kier molecular flexibility index (Phi) is 12.3. The third-order valence-electron chi connectivity index (χ3n) is 3.70. The van der Waals surface area contributed by atoms with Crippen molar-refractivity contribution in [3.8, 4) is 0 Å². The molecule has 0 aliphatic carbocycles. The van der Waals surface area contributed by atoms with Crippen LogP contribution >= 0.6 is 0 Å². The van der Waals surface area contributed by atoms with Gasteiger partial charge in [0.05, 0.1) is 0 Å². The first-order valence-corrected chi connectivity index (χ1v) is 7.99. The Morgan fingerprint density at radius 2 is 1.20 bits per heavy atom. The molecule has 4 heteroatoms. The smallest absolute Gasteiger partial charge is 0.303 e. The number of carboxylic acid groups (broad SMARTS) is 2. The molecule has 0 fully saturated rings. The van der Waals surface area contributed by atoms with Gasteiger partial charge in [-0.25, -0.2) is 0 Å². The molecule has 118 valence electrons. The highest BCUT2D eigenvalue weighted by Gasteiger charge is 2.08. The maximum atomic E-state index is 10.4. The summed E-state index contributed by atoms with van der Waals surface area (Å²) in [6.45, 7) is 2.20. The standard InChI is InChI=1S/C16H30O4/c1-2-9-14(10-5-3-7-12-15(17)18)11-6-4-8-13-16(19)20/h14H,2-13H2,1H3,(H,17,18)(H,19,20). The molecule has 0 unspecified atom stereocenters. The number of rotatable bonds is 14. The van der Waals surface area contributed by atoms with Crippen molar-refractivity contribution in [3.63, 3.8) is 0 Å². The minimum Gasteiger partial charge on any atom is -0.481 e. The van der Waals surface area contributed by atoms with E-state index in [1.165, 1.54) is 25.7 Å². The lowest BCUT2D eigenvalue weighted by atomic mass is 9.91. The normalized spacial score (nSPS) is 10.9. The highest BCUT2D eigenvalue weighted by atomic mass is 16.4. The second-order valence-electron chi connectivity index (χ2n) is 5.64. The number of hydrogen-bond acceptors (Lipinski definition) is 2. The van der Waals surface area contributed by atoms with Gasteiger partial charge in [0, 0.05) is 12.8 Å².